The number of rotatable bonds is 3. The Kier molecular flexibility index (Phi) is 3.37. The van der Waals surface area contributed by atoms with Crippen molar-refractivity contribution in [3.8, 4) is 0 Å². The highest BCUT2D eigenvalue weighted by Crippen LogP contribution is 2.22. The zero-order valence-electron chi connectivity index (χ0n) is 10.1. The Morgan fingerprint density at radius 3 is 2.68 bits per heavy atom. The van der Waals surface area contributed by atoms with Crippen LogP contribution in [0.25, 0.3) is 0 Å². The number of carbonyl (C=O) groups excluding carboxylic acids is 3. The zero-order chi connectivity index (χ0) is 14.0. The molecule has 0 bridgehead atoms. The molecule has 1 saturated heterocycles. The summed E-state index contributed by atoms with van der Waals surface area (Å²) in [4.78, 5) is 33.6. The van der Waals surface area contributed by atoms with Gasteiger partial charge in [0.1, 0.15) is 6.04 Å². The monoisotopic (exact) mass is 262 g/mol. The summed E-state index contributed by atoms with van der Waals surface area (Å²) in [6, 6.07) is 4.03. The highest BCUT2D eigenvalue weighted by molar-refractivity contribution is 6.02. The number of benzene rings is 1. The van der Waals surface area contributed by atoms with Crippen molar-refractivity contribution in [1.82, 2.24) is 5.32 Å². The molecule has 7 nitrogen and oxygen atoms in total. The molecule has 6 N–H and O–H groups in total. The molecule has 0 saturated carbocycles. The van der Waals surface area contributed by atoms with E-state index in [4.69, 9.17) is 11.5 Å². The van der Waals surface area contributed by atoms with Crippen LogP contribution in [0.3, 0.4) is 0 Å². The molecular formula is C12H14N4O3. The first kappa shape index (κ1) is 12.9. The standard InChI is InChI=1S/C12H14N4O3/c13-7-5-6(11(14)18)1-2-8(7)15-9-3-4-10(17)16-12(9)19/h1-2,5,9,15H,3-4,13H2,(H2,14,18)(H,16,17,19). The quantitative estimate of drug-likeness (QED) is 0.435. The summed E-state index contributed by atoms with van der Waals surface area (Å²) in [6.45, 7) is 0. The molecule has 0 radical (unpaired) electrons. The molecule has 3 amide bonds. The number of nitrogen functional groups attached to an aromatic ring is 1. The summed E-state index contributed by atoms with van der Waals surface area (Å²) in [6.07, 6.45) is 0.685. The number of hydrogen-bond donors (Lipinski definition) is 4. The van der Waals surface area contributed by atoms with E-state index in [0.717, 1.165) is 0 Å². The minimum Gasteiger partial charge on any atom is -0.397 e. The first-order chi connectivity index (χ1) is 8.97. The van der Waals surface area contributed by atoms with E-state index in [0.29, 0.717) is 23.4 Å². The molecule has 1 atom stereocenters. The van der Waals surface area contributed by atoms with E-state index in [9.17, 15) is 14.4 Å². The van der Waals surface area contributed by atoms with Gasteiger partial charge in [0, 0.05) is 12.0 Å². The molecule has 1 aliphatic rings. The first-order valence-electron chi connectivity index (χ1n) is 5.77. The fourth-order valence-corrected chi connectivity index (χ4v) is 1.87. The van der Waals surface area contributed by atoms with Crippen LogP contribution in [0.15, 0.2) is 18.2 Å². The Balaban J connectivity index is 2.13. The van der Waals surface area contributed by atoms with Crippen molar-refractivity contribution in [2.45, 2.75) is 18.9 Å². The number of piperidine rings is 1. The van der Waals surface area contributed by atoms with Crippen molar-refractivity contribution in [3.05, 3.63) is 23.8 Å². The fourth-order valence-electron chi connectivity index (χ4n) is 1.87. The molecule has 1 heterocycles. The van der Waals surface area contributed by atoms with Gasteiger partial charge in [-0.2, -0.15) is 0 Å². The Morgan fingerprint density at radius 1 is 1.37 bits per heavy atom. The van der Waals surface area contributed by atoms with Crippen LogP contribution >= 0.6 is 0 Å². The van der Waals surface area contributed by atoms with Gasteiger partial charge >= 0.3 is 0 Å². The molecule has 19 heavy (non-hydrogen) atoms. The molecule has 0 aromatic heterocycles. The molecule has 7 heteroatoms. The summed E-state index contributed by atoms with van der Waals surface area (Å²) in [7, 11) is 0. The highest BCUT2D eigenvalue weighted by atomic mass is 16.2. The van der Waals surface area contributed by atoms with Crippen molar-refractivity contribution >= 4 is 29.1 Å². The van der Waals surface area contributed by atoms with Gasteiger partial charge in [0.2, 0.25) is 17.7 Å². The van der Waals surface area contributed by atoms with Gasteiger partial charge in [-0.3, -0.25) is 19.7 Å². The molecule has 0 spiro atoms. The van der Waals surface area contributed by atoms with Gasteiger partial charge in [0.15, 0.2) is 0 Å². The largest absolute Gasteiger partial charge is 0.397 e. The molecule has 1 aliphatic heterocycles. The van der Waals surface area contributed by atoms with Gasteiger partial charge in [-0.25, -0.2) is 0 Å². The minimum atomic E-state index is -0.570. The lowest BCUT2D eigenvalue weighted by molar-refractivity contribution is -0.133. The van der Waals surface area contributed by atoms with Crippen LogP contribution < -0.4 is 22.1 Å². The molecule has 1 aromatic rings. The van der Waals surface area contributed by atoms with E-state index in [1.54, 1.807) is 6.07 Å². The topological polar surface area (TPSA) is 127 Å². The number of carbonyl (C=O) groups is 3. The number of primary amides is 1. The number of hydrogen-bond acceptors (Lipinski definition) is 5. The molecule has 1 fully saturated rings. The van der Waals surface area contributed by atoms with Gasteiger partial charge < -0.3 is 16.8 Å². The summed E-state index contributed by atoms with van der Waals surface area (Å²) in [5.74, 6) is -1.23. The third-order valence-electron chi connectivity index (χ3n) is 2.91. The fraction of sp³-hybridized carbons (Fsp3) is 0.250. The maximum absolute atomic E-state index is 11.6. The van der Waals surface area contributed by atoms with E-state index in [1.165, 1.54) is 12.1 Å². The predicted octanol–water partition coefficient (Wildman–Crippen LogP) is -0.415. The average Bonchev–Trinajstić information content (AvgIpc) is 2.34. The van der Waals surface area contributed by atoms with Gasteiger partial charge in [-0.15, -0.1) is 0 Å². The second-order valence-electron chi connectivity index (χ2n) is 4.31. The van der Waals surface area contributed by atoms with Crippen molar-refractivity contribution < 1.29 is 14.4 Å². The lowest BCUT2D eigenvalue weighted by Gasteiger charge is -2.23. The maximum Gasteiger partial charge on any atom is 0.249 e. The van der Waals surface area contributed by atoms with Crippen molar-refractivity contribution in [2.24, 2.45) is 5.73 Å². The van der Waals surface area contributed by atoms with Gasteiger partial charge in [0.05, 0.1) is 11.4 Å². The van der Waals surface area contributed by atoms with Crippen LogP contribution in [0.4, 0.5) is 11.4 Å². The SMILES string of the molecule is NC(=O)c1ccc(NC2CCC(=O)NC2=O)c(N)c1. The molecular weight excluding hydrogens is 248 g/mol. The second kappa shape index (κ2) is 4.97. The van der Waals surface area contributed by atoms with E-state index in [-0.39, 0.29) is 18.2 Å². The summed E-state index contributed by atoms with van der Waals surface area (Å²) < 4.78 is 0. The van der Waals surface area contributed by atoms with Crippen LogP contribution in [0.2, 0.25) is 0 Å². The lowest BCUT2D eigenvalue weighted by Crippen LogP contribution is -2.47. The van der Waals surface area contributed by atoms with E-state index < -0.39 is 11.9 Å². The number of imide groups is 1. The second-order valence-corrected chi connectivity index (χ2v) is 4.31. The third kappa shape index (κ3) is 2.82. The number of amides is 3. The normalized spacial score (nSPS) is 18.8. The lowest BCUT2D eigenvalue weighted by atomic mass is 10.1. The van der Waals surface area contributed by atoms with Crippen molar-refractivity contribution in [2.75, 3.05) is 11.1 Å². The molecule has 1 unspecified atom stereocenters. The van der Waals surface area contributed by atoms with Crippen LogP contribution in [0, 0.1) is 0 Å². The van der Waals surface area contributed by atoms with E-state index >= 15 is 0 Å². The predicted molar refractivity (Wildman–Crippen MR) is 69.2 cm³/mol. The third-order valence-corrected chi connectivity index (χ3v) is 2.91. The Morgan fingerprint density at radius 2 is 2.11 bits per heavy atom. The van der Waals surface area contributed by atoms with Crippen LogP contribution in [0.1, 0.15) is 23.2 Å². The van der Waals surface area contributed by atoms with Gasteiger partial charge in [-0.05, 0) is 24.6 Å². The Labute approximate surface area is 109 Å². The highest BCUT2D eigenvalue weighted by Gasteiger charge is 2.26. The van der Waals surface area contributed by atoms with E-state index in [1.807, 2.05) is 0 Å². The molecule has 0 aliphatic carbocycles. The zero-order valence-corrected chi connectivity index (χ0v) is 10.1. The van der Waals surface area contributed by atoms with Crippen LogP contribution in [-0.2, 0) is 9.59 Å². The van der Waals surface area contributed by atoms with Gasteiger partial charge in [-0.1, -0.05) is 0 Å². The molecule has 2 rings (SSSR count). The number of anilines is 2. The molecule has 100 valence electrons. The Bertz CT molecular complexity index is 556. The average molecular weight is 262 g/mol. The summed E-state index contributed by atoms with van der Waals surface area (Å²) in [5, 5.41) is 5.19. The summed E-state index contributed by atoms with van der Waals surface area (Å²) in [5.41, 5.74) is 12.1. The van der Waals surface area contributed by atoms with Crippen LogP contribution in [0.5, 0.6) is 0 Å². The van der Waals surface area contributed by atoms with Gasteiger partial charge in [0.25, 0.3) is 0 Å². The van der Waals surface area contributed by atoms with E-state index in [2.05, 4.69) is 10.6 Å². The maximum atomic E-state index is 11.6. The van der Waals surface area contributed by atoms with Crippen molar-refractivity contribution in [1.29, 1.82) is 0 Å². The minimum absolute atomic E-state index is 0.278. The number of nitrogens with two attached hydrogens (primary N) is 2. The first-order valence-corrected chi connectivity index (χ1v) is 5.77. The number of nitrogens with one attached hydrogen (secondary N) is 2. The van der Waals surface area contributed by atoms with Crippen molar-refractivity contribution in [3.63, 3.8) is 0 Å². The Hall–Kier alpha value is -2.57. The summed E-state index contributed by atoms with van der Waals surface area (Å²) >= 11 is 0. The smallest absolute Gasteiger partial charge is 0.249 e. The van der Waals surface area contributed by atoms with Crippen LogP contribution in [-0.4, -0.2) is 23.8 Å². The molecule has 1 aromatic carbocycles.